The summed E-state index contributed by atoms with van der Waals surface area (Å²) in [5, 5.41) is 4.08. The largest absolute Gasteiger partial charge is 0.491 e. The van der Waals surface area contributed by atoms with Gasteiger partial charge in [-0.3, -0.25) is 4.68 Å². The third-order valence-corrected chi connectivity index (χ3v) is 5.66. The highest BCUT2D eigenvalue weighted by molar-refractivity contribution is 7.89. The van der Waals surface area contributed by atoms with Crippen LogP contribution in [0.5, 0.6) is 5.75 Å². The topological polar surface area (TPSA) is 95.3 Å². The highest BCUT2D eigenvalue weighted by Gasteiger charge is 2.22. The SMILES string of the molecule is CCOCCOc1ccc(S(=O)(=O)NC(Cn2cncn2)c2ccccc2)cc1. The number of nitrogens with zero attached hydrogens (tertiary/aromatic N) is 3. The van der Waals surface area contributed by atoms with E-state index in [-0.39, 0.29) is 4.90 Å². The molecular weight excluding hydrogens is 392 g/mol. The van der Waals surface area contributed by atoms with E-state index in [0.29, 0.717) is 32.1 Å². The van der Waals surface area contributed by atoms with Crippen LogP contribution in [0.25, 0.3) is 0 Å². The second kappa shape index (κ2) is 10.1. The molecule has 0 saturated carbocycles. The third-order valence-electron chi connectivity index (χ3n) is 4.17. The first-order valence-electron chi connectivity index (χ1n) is 9.29. The molecule has 0 bridgehead atoms. The molecule has 0 radical (unpaired) electrons. The Morgan fingerprint density at radius 1 is 1.07 bits per heavy atom. The molecule has 0 spiro atoms. The zero-order valence-electron chi connectivity index (χ0n) is 16.1. The average Bonchev–Trinajstić information content (AvgIpc) is 3.25. The normalized spacial score (nSPS) is 12.6. The summed E-state index contributed by atoms with van der Waals surface area (Å²) in [6.07, 6.45) is 2.97. The Hall–Kier alpha value is -2.75. The van der Waals surface area contributed by atoms with E-state index >= 15 is 0 Å². The van der Waals surface area contributed by atoms with Crippen LogP contribution < -0.4 is 9.46 Å². The summed E-state index contributed by atoms with van der Waals surface area (Å²) in [6.45, 7) is 3.76. The van der Waals surface area contributed by atoms with Crippen LogP contribution in [0.4, 0.5) is 0 Å². The first-order chi connectivity index (χ1) is 14.1. The number of hydrogen-bond acceptors (Lipinski definition) is 6. The second-order valence-electron chi connectivity index (χ2n) is 6.22. The molecule has 3 aromatic rings. The van der Waals surface area contributed by atoms with Gasteiger partial charge in [0.25, 0.3) is 0 Å². The molecule has 0 amide bonds. The molecule has 1 atom stereocenters. The van der Waals surface area contributed by atoms with Crippen molar-refractivity contribution in [3.05, 3.63) is 72.8 Å². The Morgan fingerprint density at radius 2 is 1.83 bits per heavy atom. The predicted molar refractivity (Wildman–Crippen MR) is 108 cm³/mol. The van der Waals surface area contributed by atoms with Crippen molar-refractivity contribution >= 4 is 10.0 Å². The van der Waals surface area contributed by atoms with E-state index in [1.807, 2.05) is 37.3 Å². The van der Waals surface area contributed by atoms with Gasteiger partial charge >= 0.3 is 0 Å². The number of hydrogen-bond donors (Lipinski definition) is 1. The second-order valence-corrected chi connectivity index (χ2v) is 7.93. The first-order valence-corrected chi connectivity index (χ1v) is 10.8. The van der Waals surface area contributed by atoms with Gasteiger partial charge in [-0.2, -0.15) is 5.10 Å². The van der Waals surface area contributed by atoms with E-state index in [1.165, 1.54) is 18.5 Å². The minimum atomic E-state index is -3.75. The van der Waals surface area contributed by atoms with Crippen molar-refractivity contribution in [1.82, 2.24) is 19.5 Å². The Morgan fingerprint density at radius 3 is 2.48 bits per heavy atom. The number of sulfonamides is 1. The van der Waals surface area contributed by atoms with Crippen LogP contribution in [0.15, 0.2) is 72.1 Å². The lowest BCUT2D eigenvalue weighted by Gasteiger charge is -2.19. The number of nitrogens with one attached hydrogen (secondary N) is 1. The van der Waals surface area contributed by atoms with Crippen LogP contribution in [0.2, 0.25) is 0 Å². The summed E-state index contributed by atoms with van der Waals surface area (Å²) < 4.78 is 41.0. The van der Waals surface area contributed by atoms with E-state index in [0.717, 1.165) is 5.56 Å². The number of rotatable bonds is 11. The summed E-state index contributed by atoms with van der Waals surface area (Å²) in [5.41, 5.74) is 0.836. The maximum Gasteiger partial charge on any atom is 0.241 e. The molecule has 29 heavy (non-hydrogen) atoms. The van der Waals surface area contributed by atoms with Crippen LogP contribution >= 0.6 is 0 Å². The minimum absolute atomic E-state index is 0.161. The molecule has 0 fully saturated rings. The molecular formula is C20H24N4O4S. The molecule has 1 aromatic heterocycles. The van der Waals surface area contributed by atoms with Gasteiger partial charge in [-0.25, -0.2) is 18.1 Å². The minimum Gasteiger partial charge on any atom is -0.491 e. The maximum absolute atomic E-state index is 12.9. The molecule has 3 rings (SSSR count). The predicted octanol–water partition coefficient (Wildman–Crippen LogP) is 2.41. The summed E-state index contributed by atoms with van der Waals surface area (Å²) in [5.74, 6) is 0.589. The van der Waals surface area contributed by atoms with Gasteiger partial charge in [-0.05, 0) is 36.8 Å². The fourth-order valence-corrected chi connectivity index (χ4v) is 3.96. The zero-order valence-corrected chi connectivity index (χ0v) is 17.0. The van der Waals surface area contributed by atoms with Gasteiger partial charge in [0.05, 0.1) is 24.1 Å². The Balaban J connectivity index is 1.72. The fourth-order valence-electron chi connectivity index (χ4n) is 2.74. The van der Waals surface area contributed by atoms with Crippen molar-refractivity contribution in [2.45, 2.75) is 24.4 Å². The van der Waals surface area contributed by atoms with Crippen molar-refractivity contribution in [2.24, 2.45) is 0 Å². The molecule has 0 saturated heterocycles. The van der Waals surface area contributed by atoms with E-state index in [1.54, 1.807) is 23.1 Å². The van der Waals surface area contributed by atoms with E-state index < -0.39 is 16.1 Å². The van der Waals surface area contributed by atoms with Crippen molar-refractivity contribution < 1.29 is 17.9 Å². The Labute approximate surface area is 170 Å². The number of benzene rings is 2. The van der Waals surface area contributed by atoms with Crippen LogP contribution in [0.1, 0.15) is 18.5 Å². The molecule has 0 aliphatic carbocycles. The standard InChI is InChI=1S/C20H24N4O4S/c1-2-27-12-13-28-18-8-10-19(11-9-18)29(25,26)23-20(14-24-16-21-15-22-24)17-6-4-3-5-7-17/h3-11,15-16,20,23H,2,12-14H2,1H3. The van der Waals surface area contributed by atoms with E-state index in [2.05, 4.69) is 14.8 Å². The van der Waals surface area contributed by atoms with Crippen LogP contribution in [-0.2, 0) is 21.3 Å². The van der Waals surface area contributed by atoms with E-state index in [4.69, 9.17) is 9.47 Å². The smallest absolute Gasteiger partial charge is 0.241 e. The van der Waals surface area contributed by atoms with Gasteiger partial charge in [0, 0.05) is 6.61 Å². The molecule has 154 valence electrons. The Bertz CT molecular complexity index is 961. The van der Waals surface area contributed by atoms with Crippen molar-refractivity contribution in [3.63, 3.8) is 0 Å². The average molecular weight is 417 g/mol. The maximum atomic E-state index is 12.9. The number of aromatic nitrogens is 3. The van der Waals surface area contributed by atoms with Gasteiger partial charge < -0.3 is 9.47 Å². The first kappa shape index (κ1) is 21.0. The van der Waals surface area contributed by atoms with Crippen molar-refractivity contribution in [3.8, 4) is 5.75 Å². The van der Waals surface area contributed by atoms with Crippen LogP contribution in [0.3, 0.4) is 0 Å². The lowest BCUT2D eigenvalue weighted by Crippen LogP contribution is -2.31. The monoisotopic (exact) mass is 416 g/mol. The zero-order chi connectivity index (χ0) is 20.5. The molecule has 8 nitrogen and oxygen atoms in total. The van der Waals surface area contributed by atoms with Gasteiger partial charge in [-0.1, -0.05) is 30.3 Å². The van der Waals surface area contributed by atoms with Crippen LogP contribution in [0, 0.1) is 0 Å². The number of ether oxygens (including phenoxy) is 2. The van der Waals surface area contributed by atoms with Gasteiger partial charge in [-0.15, -0.1) is 0 Å². The molecule has 9 heteroatoms. The van der Waals surface area contributed by atoms with Crippen LogP contribution in [-0.4, -0.2) is 43.0 Å². The molecule has 0 aliphatic heterocycles. The quantitative estimate of drug-likeness (QED) is 0.482. The van der Waals surface area contributed by atoms with Gasteiger partial charge in [0.2, 0.25) is 10.0 Å². The lowest BCUT2D eigenvalue weighted by molar-refractivity contribution is 0.110. The summed E-state index contributed by atoms with van der Waals surface area (Å²) in [7, 11) is -3.75. The van der Waals surface area contributed by atoms with E-state index in [9.17, 15) is 8.42 Å². The van der Waals surface area contributed by atoms with Crippen molar-refractivity contribution in [1.29, 1.82) is 0 Å². The molecule has 0 aliphatic rings. The molecule has 1 heterocycles. The summed E-state index contributed by atoms with van der Waals surface area (Å²) >= 11 is 0. The lowest BCUT2D eigenvalue weighted by atomic mass is 10.1. The summed E-state index contributed by atoms with van der Waals surface area (Å²) in [4.78, 5) is 4.08. The molecule has 2 aromatic carbocycles. The highest BCUT2D eigenvalue weighted by atomic mass is 32.2. The molecule has 1 unspecified atom stereocenters. The fraction of sp³-hybridized carbons (Fsp3) is 0.300. The summed E-state index contributed by atoms with van der Waals surface area (Å²) in [6, 6.07) is 15.2. The van der Waals surface area contributed by atoms with Crippen molar-refractivity contribution in [2.75, 3.05) is 19.8 Å². The van der Waals surface area contributed by atoms with Gasteiger partial charge in [0.15, 0.2) is 0 Å². The third kappa shape index (κ3) is 6.11. The molecule has 1 N–H and O–H groups in total. The van der Waals surface area contributed by atoms with Gasteiger partial charge in [0.1, 0.15) is 25.0 Å². The highest BCUT2D eigenvalue weighted by Crippen LogP contribution is 2.21. The Kier molecular flexibility index (Phi) is 7.34.